The molecule has 0 unspecified atom stereocenters. The number of rotatable bonds is 2. The number of carbonyl (C=O) groups excluding carboxylic acids is 1. The van der Waals surface area contributed by atoms with Gasteiger partial charge in [0.05, 0.1) is 13.2 Å². The Hall–Kier alpha value is -1.55. The van der Waals surface area contributed by atoms with E-state index in [1.807, 2.05) is 13.0 Å². The second kappa shape index (κ2) is 4.14. The minimum absolute atomic E-state index is 0.0522. The normalized spacial score (nSPS) is 15.8. The number of ether oxygens (including phenoxy) is 1. The van der Waals surface area contributed by atoms with Crippen LogP contribution in [0.4, 0.5) is 0 Å². The molecule has 1 saturated heterocycles. The highest BCUT2D eigenvalue weighted by molar-refractivity contribution is 5.95. The van der Waals surface area contributed by atoms with Gasteiger partial charge in [-0.1, -0.05) is 6.07 Å². The van der Waals surface area contributed by atoms with E-state index in [1.165, 1.54) is 0 Å². The molecule has 86 valence electrons. The molecule has 0 aliphatic carbocycles. The molecule has 1 fully saturated rings. The van der Waals surface area contributed by atoms with E-state index in [9.17, 15) is 4.79 Å². The Labute approximate surface area is 94.4 Å². The van der Waals surface area contributed by atoms with Gasteiger partial charge >= 0.3 is 0 Å². The average molecular weight is 221 g/mol. The highest BCUT2D eigenvalue weighted by atomic mass is 16.5. The molecule has 1 aliphatic heterocycles. The number of aryl methyl sites for hydroxylation is 1. The van der Waals surface area contributed by atoms with E-state index in [4.69, 9.17) is 9.84 Å². The number of aliphatic hydroxyl groups excluding tert-OH is 1. The smallest absolute Gasteiger partial charge is 0.254 e. The van der Waals surface area contributed by atoms with E-state index in [1.54, 1.807) is 24.1 Å². The van der Waals surface area contributed by atoms with E-state index >= 15 is 0 Å². The van der Waals surface area contributed by atoms with Crippen molar-refractivity contribution in [3.05, 3.63) is 29.3 Å². The van der Waals surface area contributed by atoms with Crippen LogP contribution in [-0.2, 0) is 0 Å². The first-order chi connectivity index (χ1) is 7.61. The standard InChI is InChI=1S/C12H15NO3/c1-8-3-4-9(5-11(8)16-2)12(15)13-6-10(14)7-13/h3-5,10,14H,6-7H2,1-2H3. The van der Waals surface area contributed by atoms with Gasteiger partial charge < -0.3 is 14.7 Å². The van der Waals surface area contributed by atoms with E-state index in [-0.39, 0.29) is 12.0 Å². The summed E-state index contributed by atoms with van der Waals surface area (Å²) in [5.74, 6) is 0.663. The molecular weight excluding hydrogens is 206 g/mol. The molecule has 0 radical (unpaired) electrons. The van der Waals surface area contributed by atoms with Crippen molar-refractivity contribution in [1.82, 2.24) is 4.90 Å². The van der Waals surface area contributed by atoms with Crippen molar-refractivity contribution >= 4 is 5.91 Å². The number of nitrogens with zero attached hydrogens (tertiary/aromatic N) is 1. The van der Waals surface area contributed by atoms with Gasteiger partial charge in [0.15, 0.2) is 0 Å². The van der Waals surface area contributed by atoms with E-state index in [0.29, 0.717) is 24.4 Å². The largest absolute Gasteiger partial charge is 0.496 e. The predicted octanol–water partition coefficient (Wildman–Crippen LogP) is 0.820. The number of amides is 1. The van der Waals surface area contributed by atoms with Crippen molar-refractivity contribution in [2.75, 3.05) is 20.2 Å². The van der Waals surface area contributed by atoms with Gasteiger partial charge in [-0.3, -0.25) is 4.79 Å². The van der Waals surface area contributed by atoms with Crippen molar-refractivity contribution in [2.24, 2.45) is 0 Å². The fourth-order valence-electron chi connectivity index (χ4n) is 1.76. The van der Waals surface area contributed by atoms with Gasteiger partial charge in [-0.15, -0.1) is 0 Å². The van der Waals surface area contributed by atoms with Gasteiger partial charge in [0, 0.05) is 18.7 Å². The second-order valence-electron chi connectivity index (χ2n) is 4.05. The lowest BCUT2D eigenvalue weighted by atomic mass is 10.1. The van der Waals surface area contributed by atoms with E-state index < -0.39 is 0 Å². The van der Waals surface area contributed by atoms with Crippen molar-refractivity contribution < 1.29 is 14.6 Å². The maximum absolute atomic E-state index is 11.9. The van der Waals surface area contributed by atoms with Crippen LogP contribution in [0.3, 0.4) is 0 Å². The van der Waals surface area contributed by atoms with Crippen LogP contribution < -0.4 is 4.74 Å². The van der Waals surface area contributed by atoms with Crippen LogP contribution in [0.5, 0.6) is 5.75 Å². The first kappa shape index (κ1) is 11.0. The molecule has 0 atom stereocenters. The topological polar surface area (TPSA) is 49.8 Å². The molecule has 1 amide bonds. The van der Waals surface area contributed by atoms with Crippen LogP contribution in [0.25, 0.3) is 0 Å². The number of hydrogen-bond acceptors (Lipinski definition) is 3. The van der Waals surface area contributed by atoms with E-state index in [2.05, 4.69) is 0 Å². The molecule has 0 bridgehead atoms. The third-order valence-corrected chi connectivity index (χ3v) is 2.80. The van der Waals surface area contributed by atoms with Crippen molar-refractivity contribution in [3.8, 4) is 5.75 Å². The maximum Gasteiger partial charge on any atom is 0.254 e. The maximum atomic E-state index is 11.9. The third-order valence-electron chi connectivity index (χ3n) is 2.80. The lowest BCUT2D eigenvalue weighted by molar-refractivity contribution is 0.00588. The Morgan fingerprint density at radius 2 is 2.19 bits per heavy atom. The summed E-state index contributed by atoms with van der Waals surface area (Å²) < 4.78 is 5.17. The average Bonchev–Trinajstić information content (AvgIpc) is 2.24. The molecule has 4 heteroatoms. The molecule has 1 aliphatic rings. The van der Waals surface area contributed by atoms with Crippen LogP contribution in [0.1, 0.15) is 15.9 Å². The zero-order chi connectivity index (χ0) is 11.7. The van der Waals surface area contributed by atoms with Gasteiger partial charge in [0.2, 0.25) is 0 Å². The minimum atomic E-state index is -0.365. The number of hydrogen-bond donors (Lipinski definition) is 1. The number of aliphatic hydroxyl groups is 1. The summed E-state index contributed by atoms with van der Waals surface area (Å²) in [6.45, 7) is 2.78. The van der Waals surface area contributed by atoms with Crippen LogP contribution in [-0.4, -0.2) is 42.2 Å². The number of methoxy groups -OCH3 is 1. The van der Waals surface area contributed by atoms with Crippen LogP contribution in [0.15, 0.2) is 18.2 Å². The first-order valence-electron chi connectivity index (χ1n) is 5.24. The summed E-state index contributed by atoms with van der Waals surface area (Å²) in [4.78, 5) is 13.5. The zero-order valence-electron chi connectivity index (χ0n) is 9.43. The minimum Gasteiger partial charge on any atom is -0.496 e. The molecule has 0 aromatic heterocycles. The molecule has 1 aromatic rings. The second-order valence-corrected chi connectivity index (χ2v) is 4.05. The number of carbonyl (C=O) groups is 1. The summed E-state index contributed by atoms with van der Waals surface area (Å²) >= 11 is 0. The zero-order valence-corrected chi connectivity index (χ0v) is 9.43. The number of likely N-dealkylation sites (tertiary alicyclic amines) is 1. The lowest BCUT2D eigenvalue weighted by Gasteiger charge is -2.35. The SMILES string of the molecule is COc1cc(C(=O)N2CC(O)C2)ccc1C. The monoisotopic (exact) mass is 221 g/mol. The lowest BCUT2D eigenvalue weighted by Crippen LogP contribution is -2.53. The van der Waals surface area contributed by atoms with Gasteiger partial charge in [-0.2, -0.15) is 0 Å². The van der Waals surface area contributed by atoms with Crippen LogP contribution in [0, 0.1) is 6.92 Å². The predicted molar refractivity (Wildman–Crippen MR) is 59.6 cm³/mol. The summed E-state index contributed by atoms with van der Waals surface area (Å²) in [6, 6.07) is 5.38. The highest BCUT2D eigenvalue weighted by Crippen LogP contribution is 2.21. The van der Waals surface area contributed by atoms with Crippen molar-refractivity contribution in [1.29, 1.82) is 0 Å². The van der Waals surface area contributed by atoms with Crippen LogP contribution >= 0.6 is 0 Å². The molecule has 1 N–H and O–H groups in total. The number of benzene rings is 1. The van der Waals surface area contributed by atoms with E-state index in [0.717, 1.165) is 5.56 Å². The summed E-state index contributed by atoms with van der Waals surface area (Å²) in [7, 11) is 1.59. The molecule has 2 rings (SSSR count). The molecule has 16 heavy (non-hydrogen) atoms. The van der Waals surface area contributed by atoms with Gasteiger partial charge in [-0.25, -0.2) is 0 Å². The van der Waals surface area contributed by atoms with Gasteiger partial charge in [-0.05, 0) is 24.6 Å². The Morgan fingerprint density at radius 3 is 2.75 bits per heavy atom. The summed E-state index contributed by atoms with van der Waals surface area (Å²) in [5.41, 5.74) is 1.61. The molecular formula is C12H15NO3. The molecule has 1 heterocycles. The molecule has 0 saturated carbocycles. The number of β-amino-alcohol motifs (C(OH)–C–C–N with tert-alkyl or cyclic N) is 1. The summed E-state index contributed by atoms with van der Waals surface area (Å²) in [6.07, 6.45) is -0.365. The van der Waals surface area contributed by atoms with Gasteiger partial charge in [0.1, 0.15) is 5.75 Å². The van der Waals surface area contributed by atoms with Crippen molar-refractivity contribution in [2.45, 2.75) is 13.0 Å². The van der Waals surface area contributed by atoms with Crippen LogP contribution in [0.2, 0.25) is 0 Å². The molecule has 0 spiro atoms. The highest BCUT2D eigenvalue weighted by Gasteiger charge is 2.29. The Kier molecular flexibility index (Phi) is 2.83. The Morgan fingerprint density at radius 1 is 1.50 bits per heavy atom. The molecule has 4 nitrogen and oxygen atoms in total. The summed E-state index contributed by atoms with van der Waals surface area (Å²) in [5, 5.41) is 9.14. The fourth-order valence-corrected chi connectivity index (χ4v) is 1.76. The Balaban J connectivity index is 2.17. The van der Waals surface area contributed by atoms with Crippen molar-refractivity contribution in [3.63, 3.8) is 0 Å². The first-order valence-corrected chi connectivity index (χ1v) is 5.24. The van der Waals surface area contributed by atoms with Gasteiger partial charge in [0.25, 0.3) is 5.91 Å². The molecule has 1 aromatic carbocycles. The quantitative estimate of drug-likeness (QED) is 0.804. The third kappa shape index (κ3) is 1.88. The fraction of sp³-hybridized carbons (Fsp3) is 0.417. The Bertz CT molecular complexity index is 411.